The molecule has 0 spiro atoms. The first-order chi connectivity index (χ1) is 9.25. The second-order valence-corrected chi connectivity index (χ2v) is 6.52. The zero-order chi connectivity index (χ0) is 15.4. The highest BCUT2D eigenvalue weighted by Gasteiger charge is 2.17. The Hall–Kier alpha value is -1.34. The van der Waals surface area contributed by atoms with Crippen LogP contribution in [0.1, 0.15) is 27.8 Å². The van der Waals surface area contributed by atoms with Crippen molar-refractivity contribution < 1.29 is 5.11 Å². The Morgan fingerprint density at radius 2 is 1.25 bits per heavy atom. The molecule has 0 unspecified atom stereocenters. The molecule has 0 saturated heterocycles. The molecule has 0 aliphatic rings. The van der Waals surface area contributed by atoms with Gasteiger partial charge in [-0.1, -0.05) is 23.5 Å². The van der Waals surface area contributed by atoms with Gasteiger partial charge < -0.3 is 16.6 Å². The van der Waals surface area contributed by atoms with E-state index in [0.717, 1.165) is 27.8 Å². The normalized spacial score (nSPS) is 10.6. The van der Waals surface area contributed by atoms with Crippen LogP contribution in [0.3, 0.4) is 0 Å². The molecule has 7 heteroatoms. The van der Waals surface area contributed by atoms with Crippen LogP contribution >= 0.6 is 23.5 Å². The van der Waals surface area contributed by atoms with Crippen molar-refractivity contribution in [1.29, 1.82) is 10.8 Å². The molecule has 110 valence electrons. The largest absolute Gasteiger partial charge is 0.507 e. The topological polar surface area (TPSA) is 120 Å². The minimum atomic E-state index is 0.0588. The standard InChI is InChI=1S/C13H20N4OS2/c1-6-9(4-19-12(14)15)7(2)11(18)8(3)10(6)5-20-13(16)17/h18H,4-5H2,1-3H3,(H3,14,15)(H3,16,17). The number of phenols is 1. The lowest BCUT2D eigenvalue weighted by Crippen LogP contribution is -2.08. The summed E-state index contributed by atoms with van der Waals surface area (Å²) in [4.78, 5) is 0. The van der Waals surface area contributed by atoms with Crippen molar-refractivity contribution in [2.45, 2.75) is 32.3 Å². The van der Waals surface area contributed by atoms with Gasteiger partial charge >= 0.3 is 0 Å². The van der Waals surface area contributed by atoms with Crippen LogP contribution < -0.4 is 11.5 Å². The molecule has 5 nitrogen and oxygen atoms in total. The zero-order valence-electron chi connectivity index (χ0n) is 11.8. The van der Waals surface area contributed by atoms with Crippen LogP contribution in [0.2, 0.25) is 0 Å². The van der Waals surface area contributed by atoms with Crippen molar-refractivity contribution in [3.05, 3.63) is 27.8 Å². The van der Waals surface area contributed by atoms with E-state index in [1.807, 2.05) is 20.8 Å². The molecule has 0 radical (unpaired) electrons. The molecular weight excluding hydrogens is 292 g/mol. The molecule has 0 aromatic heterocycles. The van der Waals surface area contributed by atoms with Gasteiger partial charge in [0.1, 0.15) is 5.75 Å². The summed E-state index contributed by atoms with van der Waals surface area (Å²) in [5, 5.41) is 25.0. The monoisotopic (exact) mass is 312 g/mol. The maximum absolute atomic E-state index is 10.2. The minimum Gasteiger partial charge on any atom is -0.507 e. The molecule has 1 aromatic carbocycles. The summed E-state index contributed by atoms with van der Waals surface area (Å²) >= 11 is 2.47. The molecule has 0 saturated carbocycles. The fourth-order valence-corrected chi connectivity index (χ4v) is 3.51. The van der Waals surface area contributed by atoms with Crippen LogP contribution in [0.15, 0.2) is 0 Å². The van der Waals surface area contributed by atoms with Crippen molar-refractivity contribution >= 4 is 33.9 Å². The summed E-state index contributed by atoms with van der Waals surface area (Å²) < 4.78 is 0. The van der Waals surface area contributed by atoms with Gasteiger partial charge in [0.2, 0.25) is 0 Å². The third-order valence-corrected chi connectivity index (χ3v) is 4.75. The van der Waals surface area contributed by atoms with Crippen LogP contribution in [-0.2, 0) is 11.5 Å². The summed E-state index contributed by atoms with van der Waals surface area (Å²) in [7, 11) is 0. The molecule has 0 aliphatic carbocycles. The summed E-state index contributed by atoms with van der Waals surface area (Å²) in [6.07, 6.45) is 0. The van der Waals surface area contributed by atoms with E-state index in [1.54, 1.807) is 0 Å². The number of hydrogen-bond donors (Lipinski definition) is 5. The maximum atomic E-state index is 10.2. The summed E-state index contributed by atoms with van der Waals surface area (Å²) in [6, 6.07) is 0. The van der Waals surface area contributed by atoms with Crippen molar-refractivity contribution in [3.8, 4) is 5.75 Å². The number of nitrogens with two attached hydrogens (primary N) is 2. The average molecular weight is 312 g/mol. The van der Waals surface area contributed by atoms with Gasteiger partial charge in [-0.05, 0) is 48.6 Å². The van der Waals surface area contributed by atoms with Gasteiger partial charge in [0, 0.05) is 11.5 Å². The Morgan fingerprint density at radius 1 is 0.900 bits per heavy atom. The predicted octanol–water partition coefficient (Wildman–Crippen LogP) is 2.57. The lowest BCUT2D eigenvalue weighted by atomic mass is 9.94. The Labute approximate surface area is 127 Å². The van der Waals surface area contributed by atoms with Crippen LogP contribution in [0.5, 0.6) is 5.75 Å². The molecular formula is C13H20N4OS2. The van der Waals surface area contributed by atoms with Crippen LogP contribution in [0.25, 0.3) is 0 Å². The maximum Gasteiger partial charge on any atom is 0.151 e. The average Bonchev–Trinajstić information content (AvgIpc) is 2.35. The van der Waals surface area contributed by atoms with E-state index in [2.05, 4.69) is 0 Å². The van der Waals surface area contributed by atoms with Crippen molar-refractivity contribution in [3.63, 3.8) is 0 Å². The number of nitrogens with one attached hydrogen (secondary N) is 2. The molecule has 0 bridgehead atoms. The molecule has 0 atom stereocenters. The molecule has 0 amide bonds. The van der Waals surface area contributed by atoms with Gasteiger partial charge in [-0.3, -0.25) is 10.8 Å². The van der Waals surface area contributed by atoms with E-state index in [0.29, 0.717) is 11.5 Å². The van der Waals surface area contributed by atoms with Gasteiger partial charge in [0.15, 0.2) is 10.3 Å². The first-order valence-corrected chi connectivity index (χ1v) is 7.96. The number of hydrogen-bond acceptors (Lipinski definition) is 5. The third kappa shape index (κ3) is 3.83. The summed E-state index contributed by atoms with van der Waals surface area (Å²) in [5.74, 6) is 1.38. The van der Waals surface area contributed by atoms with Gasteiger partial charge in [0.25, 0.3) is 0 Å². The number of phenolic OH excluding ortho intramolecular Hbond substituents is 1. The second kappa shape index (κ2) is 6.90. The van der Waals surface area contributed by atoms with Crippen molar-refractivity contribution in [2.75, 3.05) is 0 Å². The number of rotatable bonds is 4. The molecule has 1 rings (SSSR count). The Kier molecular flexibility index (Phi) is 5.76. The molecule has 0 aliphatic heterocycles. The van der Waals surface area contributed by atoms with Crippen molar-refractivity contribution in [2.24, 2.45) is 11.5 Å². The number of thioether (sulfide) groups is 2. The first kappa shape index (κ1) is 16.7. The Morgan fingerprint density at radius 3 is 1.55 bits per heavy atom. The van der Waals surface area contributed by atoms with Gasteiger partial charge in [-0.25, -0.2) is 0 Å². The third-order valence-electron chi connectivity index (χ3n) is 3.27. The smallest absolute Gasteiger partial charge is 0.151 e. The number of benzene rings is 1. The highest BCUT2D eigenvalue weighted by Crippen LogP contribution is 2.35. The highest BCUT2D eigenvalue weighted by molar-refractivity contribution is 8.13. The lowest BCUT2D eigenvalue weighted by Gasteiger charge is -2.19. The Bertz CT molecular complexity index is 513. The quantitative estimate of drug-likeness (QED) is 0.432. The Balaban J connectivity index is 3.23. The zero-order valence-corrected chi connectivity index (χ0v) is 13.5. The fraction of sp³-hybridized carbons (Fsp3) is 0.385. The van der Waals surface area contributed by atoms with Gasteiger partial charge in [-0.15, -0.1) is 0 Å². The van der Waals surface area contributed by atoms with E-state index in [9.17, 15) is 5.11 Å². The molecule has 20 heavy (non-hydrogen) atoms. The lowest BCUT2D eigenvalue weighted by molar-refractivity contribution is 0.465. The van der Waals surface area contributed by atoms with Crippen LogP contribution in [-0.4, -0.2) is 15.4 Å². The number of aromatic hydroxyl groups is 1. The fourth-order valence-electron chi connectivity index (χ4n) is 2.04. The summed E-state index contributed by atoms with van der Waals surface area (Å²) in [6.45, 7) is 5.73. The van der Waals surface area contributed by atoms with E-state index in [1.165, 1.54) is 23.5 Å². The van der Waals surface area contributed by atoms with Gasteiger partial charge in [-0.2, -0.15) is 0 Å². The van der Waals surface area contributed by atoms with E-state index in [-0.39, 0.29) is 16.1 Å². The summed E-state index contributed by atoms with van der Waals surface area (Å²) in [5.41, 5.74) is 15.5. The second-order valence-electron chi connectivity index (χ2n) is 4.49. The van der Waals surface area contributed by atoms with Crippen LogP contribution in [0.4, 0.5) is 0 Å². The SMILES string of the molecule is Cc1c(O)c(C)c(CSC(=N)N)c(C)c1CSC(=N)N. The molecule has 7 N–H and O–H groups in total. The molecule has 1 aromatic rings. The molecule has 0 heterocycles. The number of amidine groups is 2. The molecule has 0 fully saturated rings. The van der Waals surface area contributed by atoms with E-state index < -0.39 is 0 Å². The van der Waals surface area contributed by atoms with E-state index >= 15 is 0 Å². The van der Waals surface area contributed by atoms with Crippen LogP contribution in [0, 0.1) is 31.6 Å². The highest BCUT2D eigenvalue weighted by atomic mass is 32.2. The van der Waals surface area contributed by atoms with Gasteiger partial charge in [0.05, 0.1) is 0 Å². The minimum absolute atomic E-state index is 0.0588. The van der Waals surface area contributed by atoms with Crippen molar-refractivity contribution in [1.82, 2.24) is 0 Å². The first-order valence-electron chi connectivity index (χ1n) is 5.99. The van der Waals surface area contributed by atoms with E-state index in [4.69, 9.17) is 22.3 Å². The predicted molar refractivity (Wildman–Crippen MR) is 88.7 cm³/mol.